The largest absolute Gasteiger partial charge is 0.391 e. The van der Waals surface area contributed by atoms with Crippen LogP contribution in [0.4, 0.5) is 0 Å². The number of hydrogen-bond donors (Lipinski definition) is 2. The Labute approximate surface area is 211 Å². The highest BCUT2D eigenvalue weighted by molar-refractivity contribution is 7.11. The molecule has 0 bridgehead atoms. The van der Waals surface area contributed by atoms with Crippen LogP contribution in [0.15, 0.2) is 40.9 Å². The van der Waals surface area contributed by atoms with Crippen molar-refractivity contribution < 1.29 is 19.4 Å². The Hall–Kier alpha value is -2.62. The van der Waals surface area contributed by atoms with Gasteiger partial charge in [-0.25, -0.2) is 4.98 Å². The number of aliphatic hydroxyl groups excluding tert-OH is 1. The number of hydrogen-bond acceptors (Lipinski definition) is 7. The van der Waals surface area contributed by atoms with Crippen molar-refractivity contribution in [3.05, 3.63) is 46.5 Å². The molecule has 3 unspecified atom stereocenters. The van der Waals surface area contributed by atoms with E-state index in [4.69, 9.17) is 4.74 Å². The highest BCUT2D eigenvalue weighted by Gasteiger charge is 2.41. The van der Waals surface area contributed by atoms with Gasteiger partial charge in [-0.3, -0.25) is 14.6 Å². The molecule has 3 rings (SSSR count). The van der Waals surface area contributed by atoms with E-state index in [2.05, 4.69) is 28.8 Å². The molecule has 2 amide bonds. The van der Waals surface area contributed by atoms with Crippen LogP contribution in [0, 0.1) is 12.3 Å². The summed E-state index contributed by atoms with van der Waals surface area (Å²) in [5.74, 6) is -0.567. The minimum absolute atomic E-state index is 0.121. The number of carbonyl (C=O) groups excluding carboxylic acids is 2. The van der Waals surface area contributed by atoms with Crippen molar-refractivity contribution in [2.45, 2.75) is 59.2 Å². The topological polar surface area (TPSA) is 104 Å². The van der Waals surface area contributed by atoms with E-state index in [0.29, 0.717) is 13.2 Å². The second kappa shape index (κ2) is 11.4. The SMILES string of the molecule is C=C(C=CC(=CC)c1scnc1C)CNC(=O)C1CC(O)CN1C(=O)C(C)N=C(C)C1(C)COC1. The molecule has 3 atom stereocenters. The molecular weight excluding hydrogens is 464 g/mol. The minimum atomic E-state index is -0.743. The van der Waals surface area contributed by atoms with Crippen molar-refractivity contribution in [2.24, 2.45) is 10.4 Å². The summed E-state index contributed by atoms with van der Waals surface area (Å²) in [6.45, 7) is 15.2. The maximum Gasteiger partial charge on any atom is 0.247 e. The molecular formula is C26H36N4O4S. The molecule has 0 aliphatic carbocycles. The number of ether oxygens (including phenoxy) is 1. The molecule has 8 nitrogen and oxygen atoms in total. The highest BCUT2D eigenvalue weighted by atomic mass is 32.1. The number of aliphatic hydroxyl groups is 1. The van der Waals surface area contributed by atoms with Gasteiger partial charge in [-0.2, -0.15) is 0 Å². The first-order valence-corrected chi connectivity index (χ1v) is 12.7. The first-order valence-electron chi connectivity index (χ1n) is 11.9. The van der Waals surface area contributed by atoms with Crippen LogP contribution in [0.25, 0.3) is 5.57 Å². The number of aliphatic imine (C=N–C) groups is 1. The Morgan fingerprint density at radius 2 is 2.17 bits per heavy atom. The van der Waals surface area contributed by atoms with E-state index < -0.39 is 18.2 Å². The van der Waals surface area contributed by atoms with Gasteiger partial charge in [-0.05, 0) is 45.8 Å². The van der Waals surface area contributed by atoms with E-state index in [1.54, 1.807) is 18.3 Å². The number of thiazole rings is 1. The fourth-order valence-electron chi connectivity index (χ4n) is 4.13. The monoisotopic (exact) mass is 500 g/mol. The molecule has 190 valence electrons. The summed E-state index contributed by atoms with van der Waals surface area (Å²) in [4.78, 5) is 37.5. The molecule has 0 spiro atoms. The van der Waals surface area contributed by atoms with Gasteiger partial charge in [0.15, 0.2) is 0 Å². The van der Waals surface area contributed by atoms with Crippen LogP contribution < -0.4 is 5.32 Å². The zero-order chi connectivity index (χ0) is 25.8. The maximum atomic E-state index is 13.1. The third-order valence-corrected chi connectivity index (χ3v) is 7.61. The zero-order valence-corrected chi connectivity index (χ0v) is 22.0. The average molecular weight is 501 g/mol. The van der Waals surface area contributed by atoms with Crippen molar-refractivity contribution in [1.82, 2.24) is 15.2 Å². The third-order valence-electron chi connectivity index (χ3n) is 6.63. The lowest BCUT2D eigenvalue weighted by Gasteiger charge is -2.38. The molecule has 2 saturated heterocycles. The Bertz CT molecular complexity index is 1050. The van der Waals surface area contributed by atoms with Crippen LogP contribution in [0.3, 0.4) is 0 Å². The van der Waals surface area contributed by atoms with Crippen LogP contribution in [-0.4, -0.2) is 77.0 Å². The number of aryl methyl sites for hydroxylation is 1. The number of carbonyl (C=O) groups is 2. The standard InChI is InChI=1S/C26H36N4O4S/c1-7-20(23-17(3)28-15-35-23)9-8-16(2)11-27-24(32)22-10-21(31)12-30(22)25(33)18(4)29-19(5)26(6)13-34-14-26/h7-9,15,18,21-22,31H,2,10-14H2,1,3-6H3,(H,27,32). The molecule has 1 aromatic rings. The van der Waals surface area contributed by atoms with E-state index in [0.717, 1.165) is 27.4 Å². The lowest BCUT2D eigenvalue weighted by atomic mass is 9.84. The summed E-state index contributed by atoms with van der Waals surface area (Å²) in [5, 5.41) is 13.1. The minimum Gasteiger partial charge on any atom is -0.391 e. The summed E-state index contributed by atoms with van der Waals surface area (Å²) in [6.07, 6.45) is 5.29. The molecule has 35 heavy (non-hydrogen) atoms. The smallest absolute Gasteiger partial charge is 0.247 e. The van der Waals surface area contributed by atoms with Gasteiger partial charge in [0, 0.05) is 25.2 Å². The van der Waals surface area contributed by atoms with Gasteiger partial charge in [-0.15, -0.1) is 11.3 Å². The van der Waals surface area contributed by atoms with Gasteiger partial charge >= 0.3 is 0 Å². The Balaban J connectivity index is 1.58. The zero-order valence-electron chi connectivity index (χ0n) is 21.2. The van der Waals surface area contributed by atoms with E-state index in [1.165, 1.54) is 4.90 Å². The molecule has 1 aromatic heterocycles. The first-order chi connectivity index (χ1) is 16.6. The van der Waals surface area contributed by atoms with E-state index in [-0.39, 0.29) is 36.7 Å². The van der Waals surface area contributed by atoms with Crippen LogP contribution in [0.2, 0.25) is 0 Å². The average Bonchev–Trinajstić information content (AvgIpc) is 3.41. The predicted octanol–water partition coefficient (Wildman–Crippen LogP) is 2.93. The summed E-state index contributed by atoms with van der Waals surface area (Å²) in [5.41, 5.74) is 5.27. The Morgan fingerprint density at radius 3 is 2.74 bits per heavy atom. The molecule has 0 aromatic carbocycles. The second-order valence-corrected chi connectivity index (χ2v) is 10.4. The lowest BCUT2D eigenvalue weighted by molar-refractivity contribution is -0.139. The third kappa shape index (κ3) is 6.34. The molecule has 0 radical (unpaired) electrons. The number of rotatable bonds is 9. The number of amides is 2. The quantitative estimate of drug-likeness (QED) is 0.401. The van der Waals surface area contributed by atoms with Gasteiger partial charge in [0.05, 0.1) is 40.8 Å². The molecule has 2 aliphatic heterocycles. The summed E-state index contributed by atoms with van der Waals surface area (Å²) >= 11 is 1.58. The van der Waals surface area contributed by atoms with Gasteiger partial charge in [0.2, 0.25) is 11.8 Å². The van der Waals surface area contributed by atoms with Gasteiger partial charge < -0.3 is 20.1 Å². The first kappa shape index (κ1) is 27.0. The molecule has 2 N–H and O–H groups in total. The van der Waals surface area contributed by atoms with Crippen LogP contribution in [0.5, 0.6) is 0 Å². The molecule has 3 heterocycles. The molecule has 0 saturated carbocycles. The summed E-state index contributed by atoms with van der Waals surface area (Å²) in [6, 6.07) is -1.37. The fourth-order valence-corrected chi connectivity index (χ4v) is 4.99. The normalized spacial score (nSPS) is 23.3. The summed E-state index contributed by atoms with van der Waals surface area (Å²) in [7, 11) is 0. The van der Waals surface area contributed by atoms with Crippen LogP contribution in [0.1, 0.15) is 44.7 Å². The molecule has 2 aliphatic rings. The predicted molar refractivity (Wildman–Crippen MR) is 139 cm³/mol. The summed E-state index contributed by atoms with van der Waals surface area (Å²) < 4.78 is 5.29. The molecule has 2 fully saturated rings. The number of allylic oxidation sites excluding steroid dienone is 3. The Kier molecular flexibility index (Phi) is 8.79. The fraction of sp³-hybridized carbons (Fsp3) is 0.538. The van der Waals surface area contributed by atoms with Crippen molar-refractivity contribution >= 4 is 34.4 Å². The number of β-amino-alcohol motifs (C(OH)–C–C–N with tert-alkyl or cyclic N) is 1. The van der Waals surface area contributed by atoms with E-state index in [9.17, 15) is 14.7 Å². The van der Waals surface area contributed by atoms with Crippen LogP contribution in [-0.2, 0) is 14.3 Å². The second-order valence-electron chi connectivity index (χ2n) is 9.56. The number of nitrogens with one attached hydrogen (secondary N) is 1. The van der Waals surface area contributed by atoms with Crippen molar-refractivity contribution in [3.63, 3.8) is 0 Å². The molecule has 9 heteroatoms. The van der Waals surface area contributed by atoms with E-state index >= 15 is 0 Å². The van der Waals surface area contributed by atoms with Gasteiger partial charge in [0.1, 0.15) is 12.1 Å². The Morgan fingerprint density at radius 1 is 1.46 bits per heavy atom. The number of aromatic nitrogens is 1. The van der Waals surface area contributed by atoms with Crippen LogP contribution >= 0.6 is 11.3 Å². The lowest BCUT2D eigenvalue weighted by Crippen LogP contribution is -2.49. The maximum absolute atomic E-state index is 13.1. The van der Waals surface area contributed by atoms with Gasteiger partial charge in [0.25, 0.3) is 0 Å². The van der Waals surface area contributed by atoms with Gasteiger partial charge in [-0.1, -0.05) is 24.8 Å². The van der Waals surface area contributed by atoms with E-state index in [1.807, 2.05) is 44.5 Å². The number of nitrogens with zero attached hydrogens (tertiary/aromatic N) is 3. The highest BCUT2D eigenvalue weighted by Crippen LogP contribution is 2.29. The van der Waals surface area contributed by atoms with Crippen molar-refractivity contribution in [1.29, 1.82) is 0 Å². The van der Waals surface area contributed by atoms with Crippen molar-refractivity contribution in [2.75, 3.05) is 26.3 Å². The van der Waals surface area contributed by atoms with Crippen molar-refractivity contribution in [3.8, 4) is 0 Å². The number of likely N-dealkylation sites (tertiary alicyclic amines) is 1.